The molecule has 0 saturated heterocycles. The van der Waals surface area contributed by atoms with Crippen molar-refractivity contribution < 1.29 is 0 Å². The molecule has 0 bridgehead atoms. The summed E-state index contributed by atoms with van der Waals surface area (Å²) < 4.78 is 0. The molecule has 0 aliphatic rings. The van der Waals surface area contributed by atoms with Crippen molar-refractivity contribution in [3.8, 4) is 0 Å². The summed E-state index contributed by atoms with van der Waals surface area (Å²) in [6.45, 7) is 0.817. The fourth-order valence-electron chi connectivity index (χ4n) is 1.34. The number of halogens is 1. The minimum absolute atomic E-state index is 0.561. The van der Waals surface area contributed by atoms with Crippen molar-refractivity contribution in [2.24, 2.45) is 0 Å². The predicted octanol–water partition coefficient (Wildman–Crippen LogP) is 3.03. The second-order valence-electron chi connectivity index (χ2n) is 3.36. The van der Waals surface area contributed by atoms with Gasteiger partial charge in [-0.05, 0) is 23.9 Å². The summed E-state index contributed by atoms with van der Waals surface area (Å²) >= 11 is 7.74. The Bertz CT molecular complexity index is 456. The van der Waals surface area contributed by atoms with Gasteiger partial charge in [0, 0.05) is 11.4 Å². The van der Waals surface area contributed by atoms with Gasteiger partial charge in [0.25, 0.3) is 0 Å². The van der Waals surface area contributed by atoms with Crippen molar-refractivity contribution in [2.75, 3.05) is 17.6 Å². The molecule has 0 fully saturated rings. The van der Waals surface area contributed by atoms with Crippen LogP contribution in [0.25, 0.3) is 0 Å². The van der Waals surface area contributed by atoms with Gasteiger partial charge in [0.15, 0.2) is 0 Å². The van der Waals surface area contributed by atoms with E-state index in [0.29, 0.717) is 16.5 Å². The number of pyridine rings is 1. The van der Waals surface area contributed by atoms with Crippen molar-refractivity contribution >= 4 is 34.4 Å². The smallest absolute Gasteiger partial charge is 0.144 e. The zero-order valence-corrected chi connectivity index (χ0v) is 10.2. The second kappa shape index (κ2) is 5.18. The van der Waals surface area contributed by atoms with E-state index in [1.165, 1.54) is 4.88 Å². The highest BCUT2D eigenvalue weighted by Gasteiger charge is 2.01. The van der Waals surface area contributed by atoms with E-state index in [0.717, 1.165) is 13.0 Å². The van der Waals surface area contributed by atoms with Crippen LogP contribution in [0, 0.1) is 0 Å². The summed E-state index contributed by atoms with van der Waals surface area (Å²) in [4.78, 5) is 5.48. The van der Waals surface area contributed by atoms with Crippen LogP contribution in [0.15, 0.2) is 29.8 Å². The lowest BCUT2D eigenvalue weighted by molar-refractivity contribution is 1.03. The molecule has 2 heterocycles. The van der Waals surface area contributed by atoms with Gasteiger partial charge in [0.1, 0.15) is 5.82 Å². The summed E-state index contributed by atoms with van der Waals surface area (Å²) in [6.07, 6.45) is 2.57. The summed E-state index contributed by atoms with van der Waals surface area (Å²) in [6, 6.07) is 5.86. The Balaban J connectivity index is 1.90. The molecule has 0 spiro atoms. The van der Waals surface area contributed by atoms with E-state index in [2.05, 4.69) is 27.8 Å². The van der Waals surface area contributed by atoms with E-state index in [9.17, 15) is 0 Å². The third-order valence-corrected chi connectivity index (χ3v) is 3.33. The summed E-state index contributed by atoms with van der Waals surface area (Å²) in [5.41, 5.74) is 6.14. The fourth-order valence-corrected chi connectivity index (χ4v) is 2.29. The van der Waals surface area contributed by atoms with Gasteiger partial charge in [-0.3, -0.25) is 0 Å². The molecular formula is C11H12ClN3S. The quantitative estimate of drug-likeness (QED) is 0.881. The number of anilines is 2. The van der Waals surface area contributed by atoms with E-state index in [4.69, 9.17) is 17.3 Å². The maximum Gasteiger partial charge on any atom is 0.144 e. The molecule has 16 heavy (non-hydrogen) atoms. The maximum absolute atomic E-state index is 5.99. The number of thiophene rings is 1. The van der Waals surface area contributed by atoms with Crippen molar-refractivity contribution in [2.45, 2.75) is 6.42 Å². The average molecular weight is 254 g/mol. The zero-order chi connectivity index (χ0) is 11.4. The van der Waals surface area contributed by atoms with Gasteiger partial charge in [0.2, 0.25) is 0 Å². The molecule has 3 nitrogen and oxygen atoms in total. The Labute approximate surface area is 103 Å². The number of nitrogens with one attached hydrogen (secondary N) is 1. The Hall–Kier alpha value is -1.26. The molecule has 3 N–H and O–H groups in total. The molecule has 2 aromatic rings. The van der Waals surface area contributed by atoms with Crippen molar-refractivity contribution in [3.05, 3.63) is 39.7 Å². The van der Waals surface area contributed by atoms with Gasteiger partial charge in [-0.1, -0.05) is 17.7 Å². The SMILES string of the molecule is Nc1cnc(NCCc2cccs2)c(Cl)c1. The lowest BCUT2D eigenvalue weighted by Gasteiger charge is -2.06. The zero-order valence-electron chi connectivity index (χ0n) is 8.61. The monoisotopic (exact) mass is 253 g/mol. The van der Waals surface area contributed by atoms with Crippen LogP contribution in [0.1, 0.15) is 4.88 Å². The molecule has 0 aliphatic heterocycles. The molecule has 2 rings (SSSR count). The van der Waals surface area contributed by atoms with Crippen molar-refractivity contribution in [1.29, 1.82) is 0 Å². The van der Waals surface area contributed by atoms with Crippen LogP contribution in [-0.2, 0) is 6.42 Å². The Morgan fingerprint density at radius 3 is 3.06 bits per heavy atom. The van der Waals surface area contributed by atoms with E-state index in [-0.39, 0.29) is 0 Å². The van der Waals surface area contributed by atoms with Crippen LogP contribution in [0.2, 0.25) is 5.02 Å². The average Bonchev–Trinajstić information content (AvgIpc) is 2.74. The first kappa shape index (κ1) is 11.2. The summed E-state index contributed by atoms with van der Waals surface area (Å²) in [7, 11) is 0. The number of nitrogens with two attached hydrogens (primary N) is 1. The highest BCUT2D eigenvalue weighted by Crippen LogP contribution is 2.21. The molecule has 0 aliphatic carbocycles. The topological polar surface area (TPSA) is 50.9 Å². The largest absolute Gasteiger partial charge is 0.397 e. The normalized spacial score (nSPS) is 10.3. The Morgan fingerprint density at radius 1 is 1.50 bits per heavy atom. The highest BCUT2D eigenvalue weighted by atomic mass is 35.5. The third-order valence-electron chi connectivity index (χ3n) is 2.11. The predicted molar refractivity (Wildman–Crippen MR) is 70.2 cm³/mol. The fraction of sp³-hybridized carbons (Fsp3) is 0.182. The third kappa shape index (κ3) is 2.87. The second-order valence-corrected chi connectivity index (χ2v) is 4.79. The van der Waals surface area contributed by atoms with Crippen LogP contribution >= 0.6 is 22.9 Å². The van der Waals surface area contributed by atoms with Crippen LogP contribution in [0.3, 0.4) is 0 Å². The summed E-state index contributed by atoms with van der Waals surface area (Å²) in [5, 5.41) is 5.82. The first-order valence-electron chi connectivity index (χ1n) is 4.93. The molecule has 0 saturated carbocycles. The van der Waals surface area contributed by atoms with Crippen molar-refractivity contribution in [3.63, 3.8) is 0 Å². The number of aromatic nitrogens is 1. The first-order valence-corrected chi connectivity index (χ1v) is 6.19. The molecule has 0 unspecified atom stereocenters. The standard InChI is InChI=1S/C11H12ClN3S/c12-10-6-8(13)7-15-11(10)14-4-3-9-2-1-5-16-9/h1-2,5-7H,3-4,13H2,(H,14,15). The van der Waals surface area contributed by atoms with Crippen LogP contribution < -0.4 is 11.1 Å². The van der Waals surface area contributed by atoms with Crippen LogP contribution in [-0.4, -0.2) is 11.5 Å². The van der Waals surface area contributed by atoms with Gasteiger partial charge in [0.05, 0.1) is 16.9 Å². The number of nitrogen functional groups attached to an aromatic ring is 1. The number of hydrogen-bond donors (Lipinski definition) is 2. The lowest BCUT2D eigenvalue weighted by Crippen LogP contribution is -2.06. The molecule has 5 heteroatoms. The molecule has 0 amide bonds. The maximum atomic E-state index is 5.99. The Morgan fingerprint density at radius 2 is 2.38 bits per heavy atom. The highest BCUT2D eigenvalue weighted by molar-refractivity contribution is 7.09. The van der Waals surface area contributed by atoms with Crippen LogP contribution in [0.5, 0.6) is 0 Å². The molecule has 0 atom stereocenters. The van der Waals surface area contributed by atoms with E-state index in [1.54, 1.807) is 23.6 Å². The van der Waals surface area contributed by atoms with E-state index < -0.39 is 0 Å². The van der Waals surface area contributed by atoms with Gasteiger partial charge in [-0.25, -0.2) is 4.98 Å². The Kier molecular flexibility index (Phi) is 3.64. The molecular weight excluding hydrogens is 242 g/mol. The van der Waals surface area contributed by atoms with Gasteiger partial charge in [-0.2, -0.15) is 0 Å². The minimum Gasteiger partial charge on any atom is -0.397 e. The number of nitrogens with zero attached hydrogens (tertiary/aromatic N) is 1. The van der Waals surface area contributed by atoms with E-state index >= 15 is 0 Å². The lowest BCUT2D eigenvalue weighted by atomic mass is 10.3. The van der Waals surface area contributed by atoms with Crippen molar-refractivity contribution in [1.82, 2.24) is 4.98 Å². The number of hydrogen-bond acceptors (Lipinski definition) is 4. The van der Waals surface area contributed by atoms with Crippen LogP contribution in [0.4, 0.5) is 11.5 Å². The van der Waals surface area contributed by atoms with Gasteiger partial charge >= 0.3 is 0 Å². The molecule has 84 valence electrons. The first-order chi connectivity index (χ1) is 7.75. The number of rotatable bonds is 4. The molecule has 0 radical (unpaired) electrons. The molecule has 2 aromatic heterocycles. The summed E-state index contributed by atoms with van der Waals surface area (Å²) in [5.74, 6) is 0.687. The molecule has 0 aromatic carbocycles. The van der Waals surface area contributed by atoms with Gasteiger partial charge in [-0.15, -0.1) is 11.3 Å². The minimum atomic E-state index is 0.561. The van der Waals surface area contributed by atoms with E-state index in [1.807, 2.05) is 0 Å². The van der Waals surface area contributed by atoms with Gasteiger partial charge < -0.3 is 11.1 Å².